The van der Waals surface area contributed by atoms with Gasteiger partial charge in [-0.1, -0.05) is 60.7 Å². The second-order valence-electron chi connectivity index (χ2n) is 7.71. The molecule has 0 fully saturated rings. The molecule has 0 bridgehead atoms. The van der Waals surface area contributed by atoms with Crippen molar-refractivity contribution in [3.63, 3.8) is 0 Å². The minimum absolute atomic E-state index is 0.0335. The summed E-state index contributed by atoms with van der Waals surface area (Å²) in [6, 6.07) is 22.8. The highest BCUT2D eigenvalue weighted by Gasteiger charge is 2.16. The molecule has 0 heterocycles. The number of hydrogen-bond donors (Lipinski definition) is 3. The fraction of sp³-hybridized carbons (Fsp3) is 0.231. The van der Waals surface area contributed by atoms with E-state index in [0.717, 1.165) is 28.7 Å². The number of phenols is 1. The number of carboxylic acid groups (broad SMARTS) is 1. The van der Waals surface area contributed by atoms with Gasteiger partial charge >= 0.3 is 5.97 Å². The molecule has 0 radical (unpaired) electrons. The molecule has 1 unspecified atom stereocenters. The fourth-order valence-electron chi connectivity index (χ4n) is 3.43. The van der Waals surface area contributed by atoms with Crippen molar-refractivity contribution in [2.45, 2.75) is 38.5 Å². The zero-order valence-electron chi connectivity index (χ0n) is 17.5. The molecule has 1 atom stereocenters. The van der Waals surface area contributed by atoms with Gasteiger partial charge in [0.05, 0.1) is 11.6 Å². The number of benzene rings is 3. The molecule has 0 aliphatic heterocycles. The van der Waals surface area contributed by atoms with Crippen LogP contribution in [-0.4, -0.2) is 22.1 Å². The molecule has 5 heteroatoms. The summed E-state index contributed by atoms with van der Waals surface area (Å²) in [5.74, 6) is -1.25. The Morgan fingerprint density at radius 3 is 2.23 bits per heavy atom. The quantitative estimate of drug-likeness (QED) is 0.421. The molecular weight excluding hydrogens is 390 g/mol. The van der Waals surface area contributed by atoms with E-state index in [4.69, 9.17) is 5.11 Å². The van der Waals surface area contributed by atoms with Crippen molar-refractivity contribution in [2.24, 2.45) is 0 Å². The standard InChI is InChI=1S/C26H27NO4/c1-18(22-7-3-2-4-8-22)26(31)27-23-17-21(14-15-24(23)28)16-20-12-10-19(11-13-20)6-5-9-25(29)30/h2-4,7-8,10-15,17-18,28H,5-6,9,16H2,1H3,(H,27,31)(H,29,30). The first-order chi connectivity index (χ1) is 14.9. The minimum Gasteiger partial charge on any atom is -0.506 e. The molecule has 31 heavy (non-hydrogen) atoms. The molecular formula is C26H27NO4. The number of nitrogens with one attached hydrogen (secondary N) is 1. The summed E-state index contributed by atoms with van der Waals surface area (Å²) in [5.41, 5.74) is 4.50. The lowest BCUT2D eigenvalue weighted by atomic mass is 9.99. The van der Waals surface area contributed by atoms with E-state index in [1.54, 1.807) is 12.1 Å². The van der Waals surface area contributed by atoms with E-state index in [2.05, 4.69) is 5.32 Å². The zero-order valence-corrected chi connectivity index (χ0v) is 17.5. The molecule has 0 saturated carbocycles. The van der Waals surface area contributed by atoms with Crippen molar-refractivity contribution in [1.82, 2.24) is 0 Å². The maximum Gasteiger partial charge on any atom is 0.303 e. The number of carbonyl (C=O) groups is 2. The molecule has 3 rings (SSSR count). The first-order valence-corrected chi connectivity index (χ1v) is 10.4. The largest absolute Gasteiger partial charge is 0.506 e. The summed E-state index contributed by atoms with van der Waals surface area (Å²) >= 11 is 0. The molecule has 5 nitrogen and oxygen atoms in total. The number of aliphatic carboxylic acids is 1. The summed E-state index contributed by atoms with van der Waals surface area (Å²) in [4.78, 5) is 23.3. The number of carboxylic acids is 1. The van der Waals surface area contributed by atoms with E-state index in [1.165, 1.54) is 0 Å². The summed E-state index contributed by atoms with van der Waals surface area (Å²) in [7, 11) is 0. The minimum atomic E-state index is -0.773. The molecule has 3 aromatic carbocycles. The molecule has 0 aromatic heterocycles. The number of aromatic hydroxyl groups is 1. The molecule has 0 spiro atoms. The predicted octanol–water partition coefficient (Wildman–Crippen LogP) is 5.13. The van der Waals surface area contributed by atoms with Crippen molar-refractivity contribution in [1.29, 1.82) is 0 Å². The van der Waals surface area contributed by atoms with E-state index < -0.39 is 5.97 Å². The summed E-state index contributed by atoms with van der Waals surface area (Å²) in [6.07, 6.45) is 2.19. The third kappa shape index (κ3) is 6.44. The lowest BCUT2D eigenvalue weighted by molar-refractivity contribution is -0.137. The van der Waals surface area contributed by atoms with Gasteiger partial charge in [-0.3, -0.25) is 9.59 Å². The maximum atomic E-state index is 12.6. The number of hydrogen-bond acceptors (Lipinski definition) is 3. The molecule has 3 N–H and O–H groups in total. The van der Waals surface area contributed by atoms with E-state index >= 15 is 0 Å². The fourth-order valence-corrected chi connectivity index (χ4v) is 3.43. The third-order valence-corrected chi connectivity index (χ3v) is 5.30. The van der Waals surface area contributed by atoms with Gasteiger partial charge in [0.1, 0.15) is 5.75 Å². The monoisotopic (exact) mass is 417 g/mol. The number of rotatable bonds is 9. The molecule has 0 saturated heterocycles. The number of anilines is 1. The van der Waals surface area contributed by atoms with Crippen LogP contribution in [0.1, 0.15) is 47.9 Å². The predicted molar refractivity (Wildman–Crippen MR) is 121 cm³/mol. The van der Waals surface area contributed by atoms with E-state index in [1.807, 2.05) is 67.6 Å². The molecule has 160 valence electrons. The van der Waals surface area contributed by atoms with Crippen LogP contribution < -0.4 is 5.32 Å². The average molecular weight is 418 g/mol. The second kappa shape index (κ2) is 10.4. The summed E-state index contributed by atoms with van der Waals surface area (Å²) in [5, 5.41) is 21.8. The van der Waals surface area contributed by atoms with Gasteiger partial charge < -0.3 is 15.5 Å². The average Bonchev–Trinajstić information content (AvgIpc) is 2.77. The van der Waals surface area contributed by atoms with Crippen LogP contribution in [0.25, 0.3) is 0 Å². The van der Waals surface area contributed by atoms with Gasteiger partial charge in [-0.15, -0.1) is 0 Å². The van der Waals surface area contributed by atoms with Crippen LogP contribution in [0, 0.1) is 0 Å². The Labute approximate surface area is 182 Å². The van der Waals surface area contributed by atoms with Crippen molar-refractivity contribution in [3.05, 3.63) is 95.1 Å². The van der Waals surface area contributed by atoms with Gasteiger partial charge in [0.15, 0.2) is 0 Å². The van der Waals surface area contributed by atoms with E-state index in [9.17, 15) is 14.7 Å². The first-order valence-electron chi connectivity index (χ1n) is 10.4. The Morgan fingerprint density at radius 1 is 0.903 bits per heavy atom. The lowest BCUT2D eigenvalue weighted by Gasteiger charge is -2.14. The highest BCUT2D eigenvalue weighted by Crippen LogP contribution is 2.27. The van der Waals surface area contributed by atoms with Crippen LogP contribution in [0.4, 0.5) is 5.69 Å². The SMILES string of the molecule is CC(C(=O)Nc1cc(Cc2ccc(CCCC(=O)O)cc2)ccc1O)c1ccccc1. The molecule has 3 aromatic rings. The zero-order chi connectivity index (χ0) is 22.2. The van der Waals surface area contributed by atoms with Gasteiger partial charge in [0.25, 0.3) is 0 Å². The van der Waals surface area contributed by atoms with Crippen LogP contribution in [0.5, 0.6) is 5.75 Å². The summed E-state index contributed by atoms with van der Waals surface area (Å²) < 4.78 is 0. The van der Waals surface area contributed by atoms with Crippen molar-refractivity contribution in [3.8, 4) is 5.75 Å². The number of amides is 1. The highest BCUT2D eigenvalue weighted by molar-refractivity contribution is 5.96. The van der Waals surface area contributed by atoms with Gasteiger partial charge in [0.2, 0.25) is 5.91 Å². The van der Waals surface area contributed by atoms with E-state index in [-0.39, 0.29) is 24.0 Å². The van der Waals surface area contributed by atoms with Crippen LogP contribution in [0.15, 0.2) is 72.8 Å². The van der Waals surface area contributed by atoms with Crippen LogP contribution in [0.2, 0.25) is 0 Å². The van der Waals surface area contributed by atoms with Crippen LogP contribution in [-0.2, 0) is 22.4 Å². The Morgan fingerprint density at radius 2 is 1.55 bits per heavy atom. The molecule has 0 aliphatic carbocycles. The van der Waals surface area contributed by atoms with Crippen molar-refractivity contribution in [2.75, 3.05) is 5.32 Å². The Kier molecular flexibility index (Phi) is 7.44. The Balaban J connectivity index is 1.64. The number of phenolic OH excluding ortho intramolecular Hbond substituents is 1. The first kappa shape index (κ1) is 22.1. The van der Waals surface area contributed by atoms with Crippen molar-refractivity contribution >= 4 is 17.6 Å². The molecule has 0 aliphatic rings. The molecule has 1 amide bonds. The highest BCUT2D eigenvalue weighted by atomic mass is 16.4. The Bertz CT molecular complexity index is 1030. The van der Waals surface area contributed by atoms with Crippen LogP contribution in [0.3, 0.4) is 0 Å². The lowest BCUT2D eigenvalue weighted by Crippen LogP contribution is -2.19. The normalized spacial score (nSPS) is 11.6. The summed E-state index contributed by atoms with van der Waals surface area (Å²) in [6.45, 7) is 1.84. The number of aryl methyl sites for hydroxylation is 1. The second-order valence-corrected chi connectivity index (χ2v) is 7.71. The van der Waals surface area contributed by atoms with E-state index in [0.29, 0.717) is 18.5 Å². The smallest absolute Gasteiger partial charge is 0.303 e. The van der Waals surface area contributed by atoms with Gasteiger partial charge in [0, 0.05) is 6.42 Å². The van der Waals surface area contributed by atoms with Gasteiger partial charge in [-0.2, -0.15) is 0 Å². The Hall–Kier alpha value is -3.60. The van der Waals surface area contributed by atoms with Gasteiger partial charge in [-0.05, 0) is 60.6 Å². The van der Waals surface area contributed by atoms with Crippen LogP contribution >= 0.6 is 0 Å². The third-order valence-electron chi connectivity index (χ3n) is 5.30. The maximum absolute atomic E-state index is 12.6. The van der Waals surface area contributed by atoms with Gasteiger partial charge in [-0.25, -0.2) is 0 Å². The van der Waals surface area contributed by atoms with Crippen molar-refractivity contribution < 1.29 is 19.8 Å². The number of carbonyl (C=O) groups excluding carboxylic acids is 1. The topological polar surface area (TPSA) is 86.6 Å².